The summed E-state index contributed by atoms with van der Waals surface area (Å²) in [5.41, 5.74) is 5.63. The molecule has 0 saturated carbocycles. The molecule has 174 valence electrons. The Balaban J connectivity index is 1.41. The molecular weight excluding hydrogens is 437 g/mol. The Hall–Kier alpha value is -2.21. The van der Waals surface area contributed by atoms with Crippen LogP contribution in [0.25, 0.3) is 10.9 Å². The maximum atomic E-state index is 13.5. The van der Waals surface area contributed by atoms with Gasteiger partial charge < -0.3 is 14.8 Å². The van der Waals surface area contributed by atoms with Gasteiger partial charge in [0.2, 0.25) is 0 Å². The van der Waals surface area contributed by atoms with Crippen LogP contribution in [0.1, 0.15) is 47.9 Å². The lowest BCUT2D eigenvalue weighted by atomic mass is 10.0. The Kier molecular flexibility index (Phi) is 6.81. The van der Waals surface area contributed by atoms with E-state index >= 15 is 0 Å². The van der Waals surface area contributed by atoms with Gasteiger partial charge in [0.05, 0.1) is 10.5 Å². The van der Waals surface area contributed by atoms with E-state index in [2.05, 4.69) is 28.4 Å². The lowest BCUT2D eigenvalue weighted by Crippen LogP contribution is -2.36. The van der Waals surface area contributed by atoms with Crippen LogP contribution in [0, 0.1) is 5.82 Å². The first kappa shape index (κ1) is 22.6. The van der Waals surface area contributed by atoms with Gasteiger partial charge in [0.15, 0.2) is 0 Å². The minimum Gasteiger partial charge on any atom is -0.308 e. The number of hydrogen-bond acceptors (Lipinski definition) is 3. The monoisotopic (exact) mass is 467 g/mol. The smallest absolute Gasteiger partial charge is 0.255 e. The topological polar surface area (TPSA) is 37.3 Å². The molecule has 4 nitrogen and oxygen atoms in total. The Morgan fingerprint density at radius 3 is 2.48 bits per heavy atom. The molecule has 1 N–H and O–H groups in total. The molecule has 0 amide bonds. The molecule has 2 aromatic carbocycles. The molecule has 6 heteroatoms. The van der Waals surface area contributed by atoms with E-state index < -0.39 is 5.82 Å². The maximum Gasteiger partial charge on any atom is 0.255 e. The van der Waals surface area contributed by atoms with Crippen LogP contribution in [-0.2, 0) is 32.5 Å². The summed E-state index contributed by atoms with van der Waals surface area (Å²) in [7, 11) is 0. The molecule has 2 heterocycles. The van der Waals surface area contributed by atoms with Crippen molar-refractivity contribution in [1.29, 1.82) is 0 Å². The average molecular weight is 468 g/mol. The van der Waals surface area contributed by atoms with Gasteiger partial charge in [0, 0.05) is 31.7 Å². The molecule has 0 radical (unpaired) electrons. The summed E-state index contributed by atoms with van der Waals surface area (Å²) in [5, 5.41) is 4.62. The van der Waals surface area contributed by atoms with Gasteiger partial charge >= 0.3 is 0 Å². The summed E-state index contributed by atoms with van der Waals surface area (Å²) < 4.78 is 15.4. The second kappa shape index (κ2) is 9.96. The van der Waals surface area contributed by atoms with Crippen molar-refractivity contribution in [2.75, 3.05) is 19.6 Å². The number of nitrogens with zero attached hydrogens (tertiary/aromatic N) is 2. The maximum absolute atomic E-state index is 13.5. The van der Waals surface area contributed by atoms with Crippen LogP contribution in [0.15, 0.2) is 41.2 Å². The first-order valence-electron chi connectivity index (χ1n) is 12.1. The van der Waals surface area contributed by atoms with Crippen molar-refractivity contribution in [1.82, 2.24) is 14.8 Å². The Bertz CT molecular complexity index is 1220. The highest BCUT2D eigenvalue weighted by molar-refractivity contribution is 6.30. The van der Waals surface area contributed by atoms with Crippen molar-refractivity contribution in [3.8, 4) is 0 Å². The Morgan fingerprint density at radius 1 is 0.909 bits per heavy atom. The van der Waals surface area contributed by atoms with Crippen LogP contribution in [0.5, 0.6) is 0 Å². The molecule has 1 saturated heterocycles. The largest absolute Gasteiger partial charge is 0.308 e. The number of piperidine rings is 1. The molecule has 2 aliphatic rings. The number of aromatic nitrogens is 1. The van der Waals surface area contributed by atoms with Gasteiger partial charge in [-0.1, -0.05) is 24.1 Å². The third-order valence-electron chi connectivity index (χ3n) is 7.10. The van der Waals surface area contributed by atoms with Crippen LogP contribution in [-0.4, -0.2) is 29.1 Å². The minimum absolute atomic E-state index is 0.0853. The van der Waals surface area contributed by atoms with E-state index in [-0.39, 0.29) is 10.6 Å². The van der Waals surface area contributed by atoms with Gasteiger partial charge in [0.1, 0.15) is 5.82 Å². The molecule has 0 atom stereocenters. The number of fused-ring (bicyclic) bond motifs is 2. The molecule has 0 spiro atoms. The zero-order chi connectivity index (χ0) is 22.8. The van der Waals surface area contributed by atoms with E-state index in [1.54, 1.807) is 12.1 Å². The number of likely N-dealkylation sites (tertiary alicyclic amines) is 1. The van der Waals surface area contributed by atoms with Gasteiger partial charge in [-0.2, -0.15) is 0 Å². The summed E-state index contributed by atoms with van der Waals surface area (Å²) in [6, 6.07) is 11.3. The molecular formula is C27H31ClFN3O. The van der Waals surface area contributed by atoms with Gasteiger partial charge in [-0.15, -0.1) is 0 Å². The molecule has 33 heavy (non-hydrogen) atoms. The number of rotatable bonds is 7. The van der Waals surface area contributed by atoms with E-state index in [1.807, 2.05) is 4.57 Å². The van der Waals surface area contributed by atoms with Gasteiger partial charge in [-0.25, -0.2) is 4.39 Å². The Labute approximate surface area is 199 Å². The average Bonchev–Trinajstić information content (AvgIpc) is 3.28. The fourth-order valence-corrected chi connectivity index (χ4v) is 5.48. The van der Waals surface area contributed by atoms with Crippen molar-refractivity contribution in [3.05, 3.63) is 79.8 Å². The van der Waals surface area contributed by atoms with Crippen LogP contribution in [0.3, 0.4) is 0 Å². The minimum atomic E-state index is -0.418. The van der Waals surface area contributed by atoms with Crippen molar-refractivity contribution >= 4 is 22.5 Å². The summed E-state index contributed by atoms with van der Waals surface area (Å²) in [6.07, 6.45) is 7.23. The molecule has 5 rings (SSSR count). The second-order valence-electron chi connectivity index (χ2n) is 9.41. The van der Waals surface area contributed by atoms with Crippen LogP contribution in [0.2, 0.25) is 5.02 Å². The van der Waals surface area contributed by atoms with Crippen LogP contribution >= 0.6 is 11.6 Å². The van der Waals surface area contributed by atoms with Crippen molar-refractivity contribution in [2.24, 2.45) is 0 Å². The third-order valence-corrected chi connectivity index (χ3v) is 7.39. The Morgan fingerprint density at radius 2 is 1.70 bits per heavy atom. The predicted octanol–water partition coefficient (Wildman–Crippen LogP) is 5.06. The molecule has 0 bridgehead atoms. The quantitative estimate of drug-likeness (QED) is 0.527. The highest BCUT2D eigenvalue weighted by Gasteiger charge is 2.17. The summed E-state index contributed by atoms with van der Waals surface area (Å²) in [4.78, 5) is 16.0. The first-order valence-corrected chi connectivity index (χ1v) is 12.5. The number of halogens is 2. The van der Waals surface area contributed by atoms with E-state index in [1.165, 1.54) is 42.9 Å². The molecule has 1 aromatic heterocycles. The zero-order valence-corrected chi connectivity index (χ0v) is 19.8. The number of pyridine rings is 1. The van der Waals surface area contributed by atoms with Crippen molar-refractivity contribution in [3.63, 3.8) is 0 Å². The van der Waals surface area contributed by atoms with Crippen LogP contribution in [0.4, 0.5) is 4.39 Å². The molecule has 3 aromatic rings. The van der Waals surface area contributed by atoms with Crippen molar-refractivity contribution < 1.29 is 4.39 Å². The lowest BCUT2D eigenvalue weighted by molar-refractivity contribution is 0.221. The highest BCUT2D eigenvalue weighted by atomic mass is 35.5. The van der Waals surface area contributed by atoms with E-state index in [0.29, 0.717) is 13.1 Å². The first-order chi connectivity index (χ1) is 16.1. The van der Waals surface area contributed by atoms with Crippen molar-refractivity contribution in [2.45, 2.75) is 58.2 Å². The molecule has 1 fully saturated rings. The fourth-order valence-electron chi connectivity index (χ4n) is 5.28. The standard InChI is InChI=1S/C27H31ClFN3O/c28-24-13-19(7-8-25(24)29)17-30-18-23-15-22-14-20-5-4-6-21(20)16-26(22)32(27(23)33)12-11-31-9-2-1-3-10-31/h7-8,13-16,30H,1-6,9-12,17-18H2. The molecule has 0 unspecified atom stereocenters. The van der Waals surface area contributed by atoms with Gasteiger partial charge in [-0.05, 0) is 97.6 Å². The molecule has 1 aliphatic heterocycles. The summed E-state index contributed by atoms with van der Waals surface area (Å²) in [6.45, 7) is 4.87. The normalized spacial score (nSPS) is 16.4. The zero-order valence-electron chi connectivity index (χ0n) is 19.0. The SMILES string of the molecule is O=c1c(CNCc2ccc(F)c(Cl)c2)cc2cc3c(cc2n1CCN1CCCCC1)CCC3. The van der Waals surface area contributed by atoms with E-state index in [4.69, 9.17) is 11.6 Å². The van der Waals surface area contributed by atoms with Gasteiger partial charge in [-0.3, -0.25) is 4.79 Å². The second-order valence-corrected chi connectivity index (χ2v) is 9.82. The number of nitrogens with one attached hydrogen (secondary N) is 1. The van der Waals surface area contributed by atoms with E-state index in [0.717, 1.165) is 61.1 Å². The lowest BCUT2D eigenvalue weighted by Gasteiger charge is -2.27. The summed E-state index contributed by atoms with van der Waals surface area (Å²) in [5.74, 6) is -0.418. The number of aryl methyl sites for hydroxylation is 2. The predicted molar refractivity (Wildman–Crippen MR) is 132 cm³/mol. The van der Waals surface area contributed by atoms with Gasteiger partial charge in [0.25, 0.3) is 5.56 Å². The number of hydrogen-bond donors (Lipinski definition) is 1. The molecule has 1 aliphatic carbocycles. The third kappa shape index (κ3) is 5.01. The fraction of sp³-hybridized carbons (Fsp3) is 0.444. The summed E-state index contributed by atoms with van der Waals surface area (Å²) >= 11 is 5.91. The highest BCUT2D eigenvalue weighted by Crippen LogP contribution is 2.27. The number of benzene rings is 2. The van der Waals surface area contributed by atoms with Crippen LogP contribution < -0.4 is 10.9 Å². The van der Waals surface area contributed by atoms with E-state index in [9.17, 15) is 9.18 Å².